The lowest BCUT2D eigenvalue weighted by Gasteiger charge is -2.20. The molecule has 2 rings (SSSR count). The first-order valence-corrected chi connectivity index (χ1v) is 5.71. The number of aromatic nitrogens is 1. The number of fused-ring (bicyclic) bond motifs is 1. The van der Waals surface area contributed by atoms with Gasteiger partial charge < -0.3 is 26.2 Å². The molecule has 1 aromatic heterocycles. The van der Waals surface area contributed by atoms with Crippen LogP contribution in [0.2, 0.25) is 0 Å². The van der Waals surface area contributed by atoms with Gasteiger partial charge in [0.15, 0.2) is 17.4 Å². The average Bonchev–Trinajstić information content (AvgIpc) is 2.47. The van der Waals surface area contributed by atoms with E-state index in [1.54, 1.807) is 6.07 Å². The number of benzene rings is 1. The van der Waals surface area contributed by atoms with E-state index >= 15 is 0 Å². The molecule has 0 aliphatic heterocycles. The van der Waals surface area contributed by atoms with Crippen molar-refractivity contribution in [2.45, 2.75) is 5.54 Å². The summed E-state index contributed by atoms with van der Waals surface area (Å²) in [6, 6.07) is 11.1. The molecule has 0 radical (unpaired) electrons. The number of pyridine rings is 1. The van der Waals surface area contributed by atoms with Crippen LogP contribution in [-0.2, 0) is 0 Å². The van der Waals surface area contributed by atoms with E-state index in [4.69, 9.17) is 26.2 Å². The first-order valence-electron chi connectivity index (χ1n) is 5.71. The Balaban J connectivity index is 0.000000364. The Morgan fingerprint density at radius 1 is 0.950 bits per heavy atom. The van der Waals surface area contributed by atoms with Crippen LogP contribution in [0.1, 0.15) is 0 Å². The fourth-order valence-corrected chi connectivity index (χ4v) is 1.21. The standard InChI is InChI=1S/C9H7NO.C4H11NO3.Al.3H/c11-9-6-5-7-3-1-2-4-8(7)10-9;5-4(1-6,2-7)3-8;;;;/h1-6H,(H,10,11);6-8H,1-3,5H2;;;;. The van der Waals surface area contributed by atoms with Gasteiger partial charge in [-0.3, -0.25) is 0 Å². The van der Waals surface area contributed by atoms with Crippen LogP contribution in [0.25, 0.3) is 10.9 Å². The van der Waals surface area contributed by atoms with Gasteiger partial charge in [-0.05, 0) is 12.1 Å². The van der Waals surface area contributed by atoms with Crippen molar-refractivity contribution < 1.29 is 20.4 Å². The van der Waals surface area contributed by atoms with Crippen LogP contribution in [0, 0.1) is 0 Å². The Labute approximate surface area is 127 Å². The molecular weight excluding hydrogens is 275 g/mol. The molecule has 20 heavy (non-hydrogen) atoms. The van der Waals surface area contributed by atoms with Gasteiger partial charge in [-0.25, -0.2) is 4.98 Å². The quantitative estimate of drug-likeness (QED) is 0.436. The zero-order chi connectivity index (χ0) is 14.3. The first kappa shape index (κ1) is 18.8. The predicted octanol–water partition coefficient (Wildman–Crippen LogP) is -1.58. The summed E-state index contributed by atoms with van der Waals surface area (Å²) >= 11 is 0. The van der Waals surface area contributed by atoms with Gasteiger partial charge in [0, 0.05) is 11.5 Å². The van der Waals surface area contributed by atoms with Crippen molar-refractivity contribution in [2.75, 3.05) is 19.8 Å². The van der Waals surface area contributed by atoms with Crippen molar-refractivity contribution >= 4 is 28.3 Å². The molecule has 2 aromatic rings. The Morgan fingerprint density at radius 3 is 2.00 bits per heavy atom. The molecule has 7 heteroatoms. The third-order valence-electron chi connectivity index (χ3n) is 2.53. The Morgan fingerprint density at radius 2 is 1.50 bits per heavy atom. The maximum absolute atomic E-state index is 9.02. The van der Waals surface area contributed by atoms with Gasteiger partial charge in [-0.2, -0.15) is 0 Å². The number of aromatic hydroxyl groups is 1. The molecule has 6 nitrogen and oxygen atoms in total. The topological polar surface area (TPSA) is 120 Å². The van der Waals surface area contributed by atoms with Crippen LogP contribution in [-0.4, -0.2) is 68.1 Å². The number of nitrogens with two attached hydrogens (primary N) is 1. The Kier molecular flexibility index (Phi) is 8.34. The molecule has 0 aliphatic rings. The highest BCUT2D eigenvalue weighted by Crippen LogP contribution is 2.14. The molecule has 0 amide bonds. The third kappa shape index (κ3) is 5.43. The summed E-state index contributed by atoms with van der Waals surface area (Å²) in [6.07, 6.45) is 0. The Hall–Kier alpha value is -1.20. The van der Waals surface area contributed by atoms with Gasteiger partial charge >= 0.3 is 0 Å². The summed E-state index contributed by atoms with van der Waals surface area (Å²) in [6.45, 7) is -1.21. The van der Waals surface area contributed by atoms with Crippen molar-refractivity contribution in [3.8, 4) is 5.88 Å². The van der Waals surface area contributed by atoms with Crippen molar-refractivity contribution in [2.24, 2.45) is 5.73 Å². The summed E-state index contributed by atoms with van der Waals surface area (Å²) in [4.78, 5) is 3.93. The summed E-state index contributed by atoms with van der Waals surface area (Å²) in [5.41, 5.74) is 4.76. The van der Waals surface area contributed by atoms with Gasteiger partial charge in [-0.15, -0.1) is 0 Å². The lowest BCUT2D eigenvalue weighted by atomic mass is 10.1. The van der Waals surface area contributed by atoms with Crippen LogP contribution in [0.3, 0.4) is 0 Å². The van der Waals surface area contributed by atoms with Gasteiger partial charge in [0.25, 0.3) is 0 Å². The molecule has 0 atom stereocenters. The molecule has 0 unspecified atom stereocenters. The zero-order valence-corrected chi connectivity index (χ0v) is 10.4. The average molecular weight is 296 g/mol. The minimum atomic E-state index is -1.21. The van der Waals surface area contributed by atoms with E-state index in [0.29, 0.717) is 0 Å². The molecule has 110 valence electrons. The van der Waals surface area contributed by atoms with Crippen molar-refractivity contribution in [1.82, 2.24) is 4.98 Å². The number of para-hydroxylation sites is 1. The van der Waals surface area contributed by atoms with E-state index < -0.39 is 25.4 Å². The Bertz CT molecular complexity index is 512. The van der Waals surface area contributed by atoms with Crippen LogP contribution in [0.15, 0.2) is 36.4 Å². The van der Waals surface area contributed by atoms with E-state index in [1.165, 1.54) is 0 Å². The van der Waals surface area contributed by atoms with Crippen LogP contribution >= 0.6 is 0 Å². The highest BCUT2D eigenvalue weighted by Gasteiger charge is 2.20. The van der Waals surface area contributed by atoms with E-state index in [9.17, 15) is 0 Å². The molecule has 0 saturated heterocycles. The SMILES string of the molecule is NC(CO)(CO)CO.Oc1ccc2ccccc2n1.[AlH3]. The molecular formula is C13H21AlN2O4. The summed E-state index contributed by atoms with van der Waals surface area (Å²) in [5.74, 6) is 0.0729. The molecule has 0 saturated carbocycles. The molecule has 0 bridgehead atoms. The number of nitrogens with zero attached hydrogens (tertiary/aromatic N) is 1. The molecule has 0 aliphatic carbocycles. The van der Waals surface area contributed by atoms with E-state index in [1.807, 2.05) is 30.3 Å². The molecule has 1 heterocycles. The number of rotatable bonds is 3. The minimum absolute atomic E-state index is 0. The van der Waals surface area contributed by atoms with Crippen molar-refractivity contribution in [1.29, 1.82) is 0 Å². The maximum atomic E-state index is 9.02. The van der Waals surface area contributed by atoms with Gasteiger partial charge in [0.1, 0.15) is 0 Å². The van der Waals surface area contributed by atoms with Crippen LogP contribution in [0.4, 0.5) is 0 Å². The minimum Gasteiger partial charge on any atom is -0.493 e. The number of hydrogen-bond acceptors (Lipinski definition) is 6. The second-order valence-electron chi connectivity index (χ2n) is 4.20. The predicted molar refractivity (Wildman–Crippen MR) is 81.5 cm³/mol. The third-order valence-corrected chi connectivity index (χ3v) is 2.53. The highest BCUT2D eigenvalue weighted by molar-refractivity contribution is 5.78. The summed E-state index contributed by atoms with van der Waals surface area (Å²) < 4.78 is 0. The zero-order valence-electron chi connectivity index (χ0n) is 10.4. The first-order chi connectivity index (χ1) is 9.04. The van der Waals surface area contributed by atoms with E-state index in [-0.39, 0.29) is 23.2 Å². The molecule has 6 N–H and O–H groups in total. The summed E-state index contributed by atoms with van der Waals surface area (Å²) in [5, 5.41) is 35.1. The number of aliphatic hydroxyl groups excluding tert-OH is 3. The van der Waals surface area contributed by atoms with E-state index in [0.717, 1.165) is 10.9 Å². The van der Waals surface area contributed by atoms with Crippen LogP contribution < -0.4 is 5.73 Å². The fraction of sp³-hybridized carbons (Fsp3) is 0.308. The highest BCUT2D eigenvalue weighted by atomic mass is 27.0. The largest absolute Gasteiger partial charge is 0.493 e. The molecule has 1 aromatic carbocycles. The monoisotopic (exact) mass is 296 g/mol. The molecule has 0 fully saturated rings. The fourth-order valence-electron chi connectivity index (χ4n) is 1.21. The van der Waals surface area contributed by atoms with Crippen molar-refractivity contribution in [3.05, 3.63) is 36.4 Å². The van der Waals surface area contributed by atoms with Gasteiger partial charge in [0.05, 0.1) is 30.9 Å². The number of hydrogen-bond donors (Lipinski definition) is 5. The lowest BCUT2D eigenvalue weighted by molar-refractivity contribution is 0.0698. The normalized spacial score (nSPS) is 10.4. The van der Waals surface area contributed by atoms with Gasteiger partial charge in [0.2, 0.25) is 5.88 Å². The van der Waals surface area contributed by atoms with Crippen LogP contribution in [0.5, 0.6) is 5.88 Å². The lowest BCUT2D eigenvalue weighted by Crippen LogP contribution is -2.50. The number of aliphatic hydroxyl groups is 3. The van der Waals surface area contributed by atoms with Crippen molar-refractivity contribution in [3.63, 3.8) is 0 Å². The summed E-state index contributed by atoms with van der Waals surface area (Å²) in [7, 11) is 0. The van der Waals surface area contributed by atoms with E-state index in [2.05, 4.69) is 4.98 Å². The second kappa shape index (κ2) is 8.87. The smallest absolute Gasteiger partial charge is 0.211 e. The second-order valence-corrected chi connectivity index (χ2v) is 4.20. The maximum Gasteiger partial charge on any atom is 0.211 e. The van der Waals surface area contributed by atoms with Gasteiger partial charge in [-0.1, -0.05) is 18.2 Å². The molecule has 0 spiro atoms.